The van der Waals surface area contributed by atoms with Crippen molar-refractivity contribution in [2.75, 3.05) is 13.7 Å². The van der Waals surface area contributed by atoms with E-state index in [2.05, 4.69) is 0 Å². The number of rotatable bonds is 3. The largest absolute Gasteiger partial charge is 0.467 e. The molecule has 5 aliphatic rings. The van der Waals surface area contributed by atoms with Crippen LogP contribution < -0.4 is 0 Å². The monoisotopic (exact) mass is 522 g/mol. The molecule has 11 nitrogen and oxygen atoms in total. The zero-order chi connectivity index (χ0) is 27.2. The van der Waals surface area contributed by atoms with Crippen molar-refractivity contribution in [1.29, 1.82) is 0 Å². The van der Waals surface area contributed by atoms with Gasteiger partial charge in [-0.2, -0.15) is 0 Å². The van der Waals surface area contributed by atoms with E-state index >= 15 is 0 Å². The van der Waals surface area contributed by atoms with Gasteiger partial charge in [-0.1, -0.05) is 19.4 Å². The van der Waals surface area contributed by atoms with Crippen molar-refractivity contribution in [2.45, 2.75) is 76.7 Å². The Kier molecular flexibility index (Phi) is 5.91. The smallest absolute Gasteiger partial charge is 0.348 e. The van der Waals surface area contributed by atoms with E-state index in [0.29, 0.717) is 5.57 Å². The molecule has 3 aliphatic carbocycles. The van der Waals surface area contributed by atoms with Crippen molar-refractivity contribution < 1.29 is 53.4 Å². The molecule has 3 N–H and O–H groups in total. The van der Waals surface area contributed by atoms with Gasteiger partial charge in [0.2, 0.25) is 11.7 Å². The minimum absolute atomic E-state index is 0.0831. The molecule has 5 fully saturated rings. The fourth-order valence-electron chi connectivity index (χ4n) is 8.61. The third kappa shape index (κ3) is 3.14. The Hall–Kier alpha value is -2.34. The summed E-state index contributed by atoms with van der Waals surface area (Å²) >= 11 is 0. The first-order valence-electron chi connectivity index (χ1n) is 12.6. The summed E-state index contributed by atoms with van der Waals surface area (Å²) in [4.78, 5) is 52.3. The Labute approximate surface area is 214 Å². The maximum absolute atomic E-state index is 13.4. The van der Waals surface area contributed by atoms with Crippen LogP contribution in [0.1, 0.15) is 40.5 Å². The first-order valence-corrected chi connectivity index (χ1v) is 12.6. The summed E-state index contributed by atoms with van der Waals surface area (Å²) < 4.78 is 22.5. The number of ketones is 1. The highest BCUT2D eigenvalue weighted by atomic mass is 16.6. The second kappa shape index (κ2) is 8.33. The van der Waals surface area contributed by atoms with Crippen LogP contribution in [0.15, 0.2) is 11.6 Å². The molecule has 11 heteroatoms. The summed E-state index contributed by atoms with van der Waals surface area (Å²) in [6.45, 7) is 6.71. The number of methoxy groups -OCH3 is 1. The summed E-state index contributed by atoms with van der Waals surface area (Å²) in [6.07, 6.45) is -5.80. The normalized spacial score (nSPS) is 49.8. The molecular formula is C26H34O11. The van der Waals surface area contributed by atoms with Crippen molar-refractivity contribution in [3.8, 4) is 0 Å². The lowest BCUT2D eigenvalue weighted by Gasteiger charge is -2.68. The molecule has 2 saturated heterocycles. The molecule has 1 spiro atoms. The summed E-state index contributed by atoms with van der Waals surface area (Å²) in [5, 5.41) is 33.7. The van der Waals surface area contributed by atoms with Crippen LogP contribution in [0.2, 0.25) is 0 Å². The number of aliphatic hydroxyl groups excluding tert-OH is 3. The molecule has 2 aliphatic heterocycles. The van der Waals surface area contributed by atoms with Gasteiger partial charge in [-0.05, 0) is 37.5 Å². The van der Waals surface area contributed by atoms with E-state index in [1.165, 1.54) is 6.08 Å². The molecule has 2 bridgehead atoms. The number of fused-ring (bicyclic) bond motifs is 2. The second-order valence-electron chi connectivity index (χ2n) is 11.9. The Morgan fingerprint density at radius 1 is 1.14 bits per heavy atom. The second-order valence-corrected chi connectivity index (χ2v) is 11.9. The molecule has 0 aromatic heterocycles. The van der Waals surface area contributed by atoms with Gasteiger partial charge in [0.05, 0.1) is 25.7 Å². The van der Waals surface area contributed by atoms with Crippen LogP contribution in [0.4, 0.5) is 0 Å². The van der Waals surface area contributed by atoms with Crippen molar-refractivity contribution in [2.24, 2.45) is 34.5 Å². The van der Waals surface area contributed by atoms with Gasteiger partial charge in [-0.25, -0.2) is 14.4 Å². The van der Waals surface area contributed by atoms with Gasteiger partial charge in [0, 0.05) is 23.8 Å². The predicted octanol–water partition coefficient (Wildman–Crippen LogP) is -0.318. The fraction of sp³-hybridized carbons (Fsp3) is 0.769. The number of hydrogen-bond acceptors (Lipinski definition) is 11. The average Bonchev–Trinajstić information content (AvgIpc) is 3.12. The van der Waals surface area contributed by atoms with Gasteiger partial charge in [0.15, 0.2) is 5.78 Å². The molecule has 3 saturated carbocycles. The van der Waals surface area contributed by atoms with Crippen LogP contribution in [-0.2, 0) is 38.1 Å². The molecule has 12 atom stereocenters. The zero-order valence-corrected chi connectivity index (χ0v) is 21.5. The van der Waals surface area contributed by atoms with E-state index in [1.54, 1.807) is 20.8 Å². The Morgan fingerprint density at radius 2 is 1.81 bits per heavy atom. The molecule has 0 aromatic carbocycles. The molecule has 0 unspecified atom stereocenters. The van der Waals surface area contributed by atoms with Gasteiger partial charge in [-0.15, -0.1) is 0 Å². The first-order chi connectivity index (χ1) is 17.3. The van der Waals surface area contributed by atoms with E-state index < -0.39 is 82.6 Å². The Bertz CT molecular complexity index is 1080. The number of hydrogen-bond donors (Lipinski definition) is 3. The van der Waals surface area contributed by atoms with E-state index in [9.17, 15) is 34.5 Å². The molecule has 0 amide bonds. The quantitative estimate of drug-likeness (QED) is 0.253. The van der Waals surface area contributed by atoms with Crippen LogP contribution in [0, 0.1) is 34.5 Å². The van der Waals surface area contributed by atoms with E-state index in [-0.39, 0.29) is 31.1 Å². The Balaban J connectivity index is 1.72. The summed E-state index contributed by atoms with van der Waals surface area (Å²) in [6, 6.07) is 0. The standard InChI is InChI=1S/C26H34O11/c1-10(2)6-15(28)37-18-20-25-9-35-26(20,23(33)34-5)21(31)17(30)19(25)24(4)8-13(27)16(29)11(3)12(24)7-14(25)36-22(18)32/h6,11-12,14,16-21,29-31H,7-9H2,1-5H3/t11-,12-,14+,16+,17+,18+,19+,20+,21-,24-,25+,26-/m0/s1. The number of Topliss-reactive ketones (excluding diaryl/α,β-unsaturated/α-hetero) is 1. The lowest BCUT2D eigenvalue weighted by Crippen LogP contribution is -2.79. The number of esters is 3. The van der Waals surface area contributed by atoms with Gasteiger partial charge in [0.1, 0.15) is 18.3 Å². The lowest BCUT2D eigenvalue weighted by atomic mass is 9.37. The zero-order valence-electron chi connectivity index (χ0n) is 21.5. The highest BCUT2D eigenvalue weighted by molar-refractivity contribution is 5.90. The van der Waals surface area contributed by atoms with Gasteiger partial charge < -0.3 is 34.3 Å². The molecule has 2 heterocycles. The topological polar surface area (TPSA) is 166 Å². The van der Waals surface area contributed by atoms with E-state index in [4.69, 9.17) is 18.9 Å². The number of aliphatic hydroxyl groups is 3. The minimum Gasteiger partial charge on any atom is -0.467 e. The van der Waals surface area contributed by atoms with Gasteiger partial charge in [0.25, 0.3) is 0 Å². The highest BCUT2D eigenvalue weighted by Gasteiger charge is 2.85. The van der Waals surface area contributed by atoms with Crippen molar-refractivity contribution >= 4 is 23.7 Å². The van der Waals surface area contributed by atoms with E-state index in [0.717, 1.165) is 7.11 Å². The number of carbonyl (C=O) groups excluding carboxylic acids is 4. The summed E-state index contributed by atoms with van der Waals surface area (Å²) in [5.41, 5.74) is -3.81. The SMILES string of the molecule is COC(=O)[C@@]12OC[C@]34[C@H]([C@@H](O)[C@@H]1O)[C@@]1(C)CC(=O)[C@H](O)[C@@H](C)[C@@H]1C[C@H]3OC(=O)[C@H](OC(=O)C=C(C)C)[C@@H]24. The van der Waals surface area contributed by atoms with Gasteiger partial charge >= 0.3 is 17.9 Å². The number of carbonyl (C=O) groups is 4. The van der Waals surface area contributed by atoms with Crippen molar-refractivity contribution in [3.05, 3.63) is 11.6 Å². The maximum atomic E-state index is 13.4. The van der Waals surface area contributed by atoms with Crippen LogP contribution in [0.25, 0.3) is 0 Å². The maximum Gasteiger partial charge on any atom is 0.348 e. The average molecular weight is 523 g/mol. The van der Waals surface area contributed by atoms with E-state index in [1.807, 2.05) is 6.92 Å². The fourth-order valence-corrected chi connectivity index (χ4v) is 8.61. The van der Waals surface area contributed by atoms with Crippen LogP contribution >= 0.6 is 0 Å². The van der Waals surface area contributed by atoms with Crippen molar-refractivity contribution in [1.82, 2.24) is 0 Å². The highest BCUT2D eigenvalue weighted by Crippen LogP contribution is 2.72. The van der Waals surface area contributed by atoms with Crippen molar-refractivity contribution in [3.63, 3.8) is 0 Å². The lowest BCUT2D eigenvalue weighted by molar-refractivity contribution is -0.298. The third-order valence-electron chi connectivity index (χ3n) is 9.88. The molecule has 5 rings (SSSR count). The minimum atomic E-state index is -2.20. The summed E-state index contributed by atoms with van der Waals surface area (Å²) in [7, 11) is 1.10. The molecule has 204 valence electrons. The van der Waals surface area contributed by atoms with Gasteiger partial charge in [-0.3, -0.25) is 4.79 Å². The summed E-state index contributed by atoms with van der Waals surface area (Å²) in [5.74, 6) is -6.12. The number of allylic oxidation sites excluding steroid dienone is 1. The van der Waals surface area contributed by atoms with Crippen LogP contribution in [-0.4, -0.2) is 88.8 Å². The predicted molar refractivity (Wildman–Crippen MR) is 122 cm³/mol. The molecule has 0 aromatic rings. The first kappa shape index (κ1) is 26.3. The number of ether oxygens (including phenoxy) is 4. The van der Waals surface area contributed by atoms with Crippen LogP contribution in [0.3, 0.4) is 0 Å². The Morgan fingerprint density at radius 3 is 2.43 bits per heavy atom. The molecule has 0 radical (unpaired) electrons. The van der Waals surface area contributed by atoms with Crippen LogP contribution in [0.5, 0.6) is 0 Å². The molecular weight excluding hydrogens is 488 g/mol. The third-order valence-corrected chi connectivity index (χ3v) is 9.88. The molecule has 37 heavy (non-hydrogen) atoms.